The highest BCUT2D eigenvalue weighted by Gasteiger charge is 2.36. The number of carbonyl (C=O) groups excluding carboxylic acids is 1. The minimum absolute atomic E-state index is 0.000662. The lowest BCUT2D eigenvalue weighted by atomic mass is 9.82. The van der Waals surface area contributed by atoms with Crippen molar-refractivity contribution in [3.63, 3.8) is 0 Å². The third kappa shape index (κ3) is 4.57. The first-order valence-corrected chi connectivity index (χ1v) is 8.70. The highest BCUT2D eigenvalue weighted by molar-refractivity contribution is 5.87. The van der Waals surface area contributed by atoms with E-state index in [0.717, 1.165) is 19.3 Å². The first kappa shape index (κ1) is 19.4. The fraction of sp³-hybridized carbons (Fsp3) is 0.579. The lowest BCUT2D eigenvalue weighted by Crippen LogP contribution is -2.45. The second kappa shape index (κ2) is 7.95. The minimum Gasteiger partial charge on any atom is -0.480 e. The molecule has 1 unspecified atom stereocenters. The van der Waals surface area contributed by atoms with Crippen LogP contribution < -0.4 is 0 Å². The van der Waals surface area contributed by atoms with Crippen LogP contribution in [-0.4, -0.2) is 59.5 Å². The number of rotatable bonds is 5. The molecule has 0 saturated carbocycles. The van der Waals surface area contributed by atoms with Gasteiger partial charge in [-0.15, -0.1) is 0 Å². The number of hydrogen-bond acceptors (Lipinski definition) is 3. The topological polar surface area (TPSA) is 60.9 Å². The molecule has 1 aliphatic heterocycles. The van der Waals surface area contributed by atoms with Crippen LogP contribution in [0.2, 0.25) is 0 Å². The third-order valence-electron chi connectivity index (χ3n) is 5.07. The number of aliphatic carboxylic acids is 1. The Kier molecular flexibility index (Phi) is 6.16. The smallest absolute Gasteiger partial charge is 0.317 e. The van der Waals surface area contributed by atoms with Crippen molar-refractivity contribution in [2.75, 3.05) is 26.7 Å². The summed E-state index contributed by atoms with van der Waals surface area (Å²) in [6.45, 7) is 4.69. The first-order valence-electron chi connectivity index (χ1n) is 8.70. The number of amides is 1. The zero-order valence-corrected chi connectivity index (χ0v) is 15.2. The van der Waals surface area contributed by atoms with E-state index in [0.29, 0.717) is 18.7 Å². The van der Waals surface area contributed by atoms with Crippen molar-refractivity contribution in [2.24, 2.45) is 0 Å². The second-order valence-electron chi connectivity index (χ2n) is 7.29. The summed E-state index contributed by atoms with van der Waals surface area (Å²) in [5.74, 6) is -1.30. The molecule has 5 nitrogen and oxygen atoms in total. The van der Waals surface area contributed by atoms with Gasteiger partial charge < -0.3 is 10.0 Å². The highest BCUT2D eigenvalue weighted by atomic mass is 19.1. The Morgan fingerprint density at radius 2 is 1.96 bits per heavy atom. The standard InChI is InChI=1S/C19H27FN2O3/c1-19(2,15-8-4-5-9-16(15)20)18(25)22-11-6-7-14(10-12-22)21(3)13-17(23)24/h4-5,8-9,14H,6-7,10-13H2,1-3H3,(H,23,24). The van der Waals surface area contributed by atoms with E-state index in [-0.39, 0.29) is 24.3 Å². The van der Waals surface area contributed by atoms with Gasteiger partial charge in [-0.2, -0.15) is 0 Å². The highest BCUT2D eigenvalue weighted by Crippen LogP contribution is 2.29. The van der Waals surface area contributed by atoms with Gasteiger partial charge in [0.2, 0.25) is 5.91 Å². The molecule has 25 heavy (non-hydrogen) atoms. The predicted octanol–water partition coefficient (Wildman–Crippen LogP) is 2.50. The summed E-state index contributed by atoms with van der Waals surface area (Å²) in [4.78, 5) is 27.5. The average molecular weight is 350 g/mol. The summed E-state index contributed by atoms with van der Waals surface area (Å²) in [7, 11) is 1.81. The van der Waals surface area contributed by atoms with E-state index >= 15 is 0 Å². The summed E-state index contributed by atoms with van der Waals surface area (Å²) in [6.07, 6.45) is 2.39. The van der Waals surface area contributed by atoms with Crippen LogP contribution in [0.3, 0.4) is 0 Å². The van der Waals surface area contributed by atoms with E-state index < -0.39 is 11.4 Å². The Morgan fingerprint density at radius 1 is 1.28 bits per heavy atom. The van der Waals surface area contributed by atoms with E-state index in [4.69, 9.17) is 5.11 Å². The predicted molar refractivity (Wildman–Crippen MR) is 93.9 cm³/mol. The Morgan fingerprint density at radius 3 is 2.60 bits per heavy atom. The van der Waals surface area contributed by atoms with Crippen molar-refractivity contribution in [1.82, 2.24) is 9.80 Å². The molecule has 6 heteroatoms. The van der Waals surface area contributed by atoms with Crippen molar-refractivity contribution in [2.45, 2.75) is 44.6 Å². The molecule has 138 valence electrons. The number of likely N-dealkylation sites (N-methyl/N-ethyl adjacent to an activating group) is 1. The molecular formula is C19H27FN2O3. The minimum atomic E-state index is -0.932. The maximum Gasteiger partial charge on any atom is 0.317 e. The van der Waals surface area contributed by atoms with Crippen molar-refractivity contribution in [3.05, 3.63) is 35.6 Å². The van der Waals surface area contributed by atoms with E-state index in [1.165, 1.54) is 6.07 Å². The number of nitrogens with zero attached hydrogens (tertiary/aromatic N) is 2. The fourth-order valence-electron chi connectivity index (χ4n) is 3.54. The lowest BCUT2D eigenvalue weighted by Gasteiger charge is -2.32. The van der Waals surface area contributed by atoms with Crippen LogP contribution in [0.1, 0.15) is 38.7 Å². The maximum atomic E-state index is 14.1. The molecule has 1 aliphatic rings. The van der Waals surface area contributed by atoms with Crippen LogP contribution in [-0.2, 0) is 15.0 Å². The summed E-state index contributed by atoms with van der Waals surface area (Å²) in [5.41, 5.74) is -0.526. The fourth-order valence-corrected chi connectivity index (χ4v) is 3.54. The number of halogens is 1. The van der Waals surface area contributed by atoms with Gasteiger partial charge in [0, 0.05) is 24.7 Å². The van der Waals surface area contributed by atoms with E-state index in [1.54, 1.807) is 44.0 Å². The molecule has 0 radical (unpaired) electrons. The summed E-state index contributed by atoms with van der Waals surface area (Å²) in [5, 5.41) is 8.94. The van der Waals surface area contributed by atoms with Gasteiger partial charge in [0.15, 0.2) is 0 Å². The average Bonchev–Trinajstić information content (AvgIpc) is 2.79. The molecule has 1 N–H and O–H groups in total. The van der Waals surface area contributed by atoms with Gasteiger partial charge in [-0.3, -0.25) is 14.5 Å². The van der Waals surface area contributed by atoms with Crippen LogP contribution in [0.15, 0.2) is 24.3 Å². The monoisotopic (exact) mass is 350 g/mol. The normalized spacial score (nSPS) is 18.9. The van der Waals surface area contributed by atoms with Crippen LogP contribution in [0.5, 0.6) is 0 Å². The van der Waals surface area contributed by atoms with Gasteiger partial charge in [-0.25, -0.2) is 4.39 Å². The van der Waals surface area contributed by atoms with Gasteiger partial charge in [0.1, 0.15) is 5.82 Å². The largest absolute Gasteiger partial charge is 0.480 e. The molecular weight excluding hydrogens is 323 g/mol. The van der Waals surface area contributed by atoms with Crippen LogP contribution in [0, 0.1) is 5.82 Å². The van der Waals surface area contributed by atoms with Gasteiger partial charge in [0.25, 0.3) is 0 Å². The van der Waals surface area contributed by atoms with Crippen LogP contribution in [0.25, 0.3) is 0 Å². The molecule has 1 amide bonds. The molecule has 2 rings (SSSR count). The Hall–Kier alpha value is -1.95. The third-order valence-corrected chi connectivity index (χ3v) is 5.07. The molecule has 0 bridgehead atoms. The van der Waals surface area contributed by atoms with E-state index in [1.807, 2.05) is 4.90 Å². The number of carboxylic acid groups (broad SMARTS) is 1. The number of carboxylic acids is 1. The maximum absolute atomic E-state index is 14.1. The van der Waals surface area contributed by atoms with E-state index in [2.05, 4.69) is 0 Å². The van der Waals surface area contributed by atoms with Crippen LogP contribution >= 0.6 is 0 Å². The second-order valence-corrected chi connectivity index (χ2v) is 7.29. The molecule has 0 aliphatic carbocycles. The molecule has 1 aromatic rings. The van der Waals surface area contributed by atoms with Gasteiger partial charge in [0.05, 0.1) is 12.0 Å². The van der Waals surface area contributed by atoms with Crippen molar-refractivity contribution < 1.29 is 19.1 Å². The first-order chi connectivity index (χ1) is 11.7. The zero-order chi connectivity index (χ0) is 18.6. The molecule has 0 spiro atoms. The number of benzene rings is 1. The van der Waals surface area contributed by atoms with Crippen LogP contribution in [0.4, 0.5) is 4.39 Å². The zero-order valence-electron chi connectivity index (χ0n) is 15.2. The number of likely N-dealkylation sites (tertiary alicyclic amines) is 1. The Labute approximate surface area is 148 Å². The van der Waals surface area contributed by atoms with Crippen molar-refractivity contribution in [1.29, 1.82) is 0 Å². The lowest BCUT2D eigenvalue weighted by molar-refractivity contribution is -0.139. The molecule has 0 aromatic heterocycles. The van der Waals surface area contributed by atoms with Gasteiger partial charge in [-0.05, 0) is 46.2 Å². The summed E-state index contributed by atoms with van der Waals surface area (Å²) in [6, 6.07) is 6.55. The molecule has 1 fully saturated rings. The summed E-state index contributed by atoms with van der Waals surface area (Å²) < 4.78 is 14.1. The summed E-state index contributed by atoms with van der Waals surface area (Å²) >= 11 is 0. The van der Waals surface area contributed by atoms with Crippen molar-refractivity contribution in [3.8, 4) is 0 Å². The Balaban J connectivity index is 2.08. The molecule has 1 saturated heterocycles. The Bertz CT molecular complexity index is 633. The SMILES string of the molecule is CN(CC(=O)O)C1CCCN(C(=O)C(C)(C)c2ccccc2F)CC1. The van der Waals surface area contributed by atoms with E-state index in [9.17, 15) is 14.0 Å². The molecule has 1 atom stereocenters. The number of carbonyl (C=O) groups is 2. The van der Waals surface area contributed by atoms with Crippen molar-refractivity contribution >= 4 is 11.9 Å². The molecule has 1 heterocycles. The number of hydrogen-bond donors (Lipinski definition) is 1. The van der Waals surface area contributed by atoms with Gasteiger partial charge >= 0.3 is 5.97 Å². The quantitative estimate of drug-likeness (QED) is 0.886. The molecule has 1 aromatic carbocycles. The van der Waals surface area contributed by atoms with Gasteiger partial charge in [-0.1, -0.05) is 18.2 Å².